The average Bonchev–Trinajstić information content (AvgIpc) is 3.24. The van der Waals surface area contributed by atoms with Crippen molar-refractivity contribution in [1.29, 1.82) is 0 Å². The number of para-hydroxylation sites is 2. The lowest BCUT2D eigenvalue weighted by Gasteiger charge is -2.19. The lowest BCUT2D eigenvalue weighted by Crippen LogP contribution is -2.36. The summed E-state index contributed by atoms with van der Waals surface area (Å²) >= 11 is 12.5. The van der Waals surface area contributed by atoms with Gasteiger partial charge in [-0.15, -0.1) is 0 Å². The first-order chi connectivity index (χ1) is 16.5. The van der Waals surface area contributed by atoms with Crippen LogP contribution in [0.15, 0.2) is 66.7 Å². The fraction of sp³-hybridized carbons (Fsp3) is 0.200. The fourth-order valence-corrected chi connectivity index (χ4v) is 4.22. The van der Waals surface area contributed by atoms with Gasteiger partial charge in [-0.3, -0.25) is 20.4 Å². The fourth-order valence-electron chi connectivity index (χ4n) is 3.71. The molecule has 3 aromatic rings. The van der Waals surface area contributed by atoms with Gasteiger partial charge in [0, 0.05) is 34.3 Å². The van der Waals surface area contributed by atoms with E-state index >= 15 is 0 Å². The van der Waals surface area contributed by atoms with Gasteiger partial charge in [-0.2, -0.15) is 0 Å². The number of methoxy groups -OCH3 is 1. The Bertz CT molecular complexity index is 1170. The van der Waals surface area contributed by atoms with Crippen molar-refractivity contribution in [1.82, 2.24) is 5.43 Å². The van der Waals surface area contributed by atoms with Gasteiger partial charge in [0.05, 0.1) is 18.7 Å². The van der Waals surface area contributed by atoms with Crippen LogP contribution in [0.25, 0.3) is 0 Å². The molecule has 0 aromatic heterocycles. The highest BCUT2D eigenvalue weighted by molar-refractivity contribution is 6.35. The van der Waals surface area contributed by atoms with E-state index in [0.29, 0.717) is 39.3 Å². The number of hydrazine groups is 1. The van der Waals surface area contributed by atoms with Crippen molar-refractivity contribution in [3.63, 3.8) is 0 Å². The molecule has 2 amide bonds. The van der Waals surface area contributed by atoms with E-state index in [1.807, 2.05) is 30.3 Å². The van der Waals surface area contributed by atoms with Gasteiger partial charge < -0.3 is 14.4 Å². The quantitative estimate of drug-likeness (QED) is 0.422. The van der Waals surface area contributed by atoms with Crippen LogP contribution in [0, 0.1) is 5.92 Å². The standard InChI is InChI=1S/C25H23Cl2N3O4/c1-33-22-12-6-11-21(24(22)34-15-18-19(26)9-5-10-20(18)27)28-29-25(32)16-13-23(31)30(14-16)17-7-3-2-4-8-17/h2-12,16,28H,13-15H2,1H3,(H,29,32)/t16-/m0/s1. The summed E-state index contributed by atoms with van der Waals surface area (Å²) in [7, 11) is 1.52. The third kappa shape index (κ3) is 5.21. The average molecular weight is 500 g/mol. The third-order valence-corrected chi connectivity index (χ3v) is 6.21. The van der Waals surface area contributed by atoms with E-state index in [1.54, 1.807) is 41.3 Å². The summed E-state index contributed by atoms with van der Waals surface area (Å²) in [5.74, 6) is -0.0244. The minimum absolute atomic E-state index is 0.0895. The Hall–Kier alpha value is -3.42. The number of hydrogen-bond donors (Lipinski definition) is 2. The molecular formula is C25H23Cl2N3O4. The zero-order chi connectivity index (χ0) is 24.1. The first kappa shape index (κ1) is 23.7. The number of nitrogens with one attached hydrogen (secondary N) is 2. The molecule has 4 rings (SSSR count). The second-order valence-electron chi connectivity index (χ2n) is 7.68. The van der Waals surface area contributed by atoms with Crippen molar-refractivity contribution < 1.29 is 19.1 Å². The van der Waals surface area contributed by atoms with Crippen LogP contribution in [0.2, 0.25) is 10.0 Å². The van der Waals surface area contributed by atoms with Crippen molar-refractivity contribution >= 4 is 46.4 Å². The van der Waals surface area contributed by atoms with Crippen LogP contribution < -0.4 is 25.2 Å². The third-order valence-electron chi connectivity index (χ3n) is 5.51. The van der Waals surface area contributed by atoms with Gasteiger partial charge in [-0.1, -0.05) is 53.5 Å². The summed E-state index contributed by atoms with van der Waals surface area (Å²) in [6.07, 6.45) is 0.134. The van der Waals surface area contributed by atoms with Gasteiger partial charge in [0.1, 0.15) is 6.61 Å². The zero-order valence-electron chi connectivity index (χ0n) is 18.4. The molecule has 0 bridgehead atoms. The summed E-state index contributed by atoms with van der Waals surface area (Å²) in [5.41, 5.74) is 7.49. The molecule has 34 heavy (non-hydrogen) atoms. The largest absolute Gasteiger partial charge is 0.493 e. The van der Waals surface area contributed by atoms with Crippen LogP contribution in [-0.4, -0.2) is 25.5 Å². The highest BCUT2D eigenvalue weighted by Crippen LogP contribution is 2.36. The van der Waals surface area contributed by atoms with E-state index in [1.165, 1.54) is 7.11 Å². The second kappa shape index (κ2) is 10.7. The Morgan fingerprint density at radius 1 is 1.03 bits per heavy atom. The van der Waals surface area contributed by atoms with E-state index < -0.39 is 5.92 Å². The van der Waals surface area contributed by atoms with E-state index in [4.69, 9.17) is 32.7 Å². The lowest BCUT2D eigenvalue weighted by atomic mass is 10.1. The smallest absolute Gasteiger partial charge is 0.243 e. The van der Waals surface area contributed by atoms with Crippen LogP contribution in [0.3, 0.4) is 0 Å². The molecule has 0 aliphatic carbocycles. The molecule has 0 saturated carbocycles. The van der Waals surface area contributed by atoms with Crippen molar-refractivity contribution in [3.8, 4) is 11.5 Å². The maximum atomic E-state index is 12.8. The second-order valence-corrected chi connectivity index (χ2v) is 8.50. The molecule has 0 radical (unpaired) electrons. The van der Waals surface area contributed by atoms with E-state index in [2.05, 4.69) is 10.9 Å². The SMILES string of the molecule is COc1cccc(NNC(=O)[C@H]2CC(=O)N(c3ccccc3)C2)c1OCc1c(Cl)cccc1Cl. The number of carbonyl (C=O) groups is 2. The Morgan fingerprint density at radius 2 is 1.74 bits per heavy atom. The van der Waals surface area contributed by atoms with Gasteiger partial charge >= 0.3 is 0 Å². The Labute approximate surface area is 207 Å². The molecule has 2 N–H and O–H groups in total. The maximum absolute atomic E-state index is 12.8. The van der Waals surface area contributed by atoms with E-state index in [9.17, 15) is 9.59 Å². The van der Waals surface area contributed by atoms with Crippen LogP contribution in [0.1, 0.15) is 12.0 Å². The maximum Gasteiger partial charge on any atom is 0.243 e. The monoisotopic (exact) mass is 499 g/mol. The number of anilines is 2. The normalized spacial score (nSPS) is 15.2. The highest BCUT2D eigenvalue weighted by Gasteiger charge is 2.35. The summed E-state index contributed by atoms with van der Waals surface area (Å²) in [5, 5.41) is 0.971. The topological polar surface area (TPSA) is 79.9 Å². The molecule has 1 saturated heterocycles. The molecule has 1 fully saturated rings. The number of carbonyl (C=O) groups excluding carboxylic acids is 2. The predicted molar refractivity (Wildman–Crippen MR) is 132 cm³/mol. The molecule has 176 valence electrons. The number of hydrogen-bond acceptors (Lipinski definition) is 5. The summed E-state index contributed by atoms with van der Waals surface area (Å²) in [6.45, 7) is 0.410. The van der Waals surface area contributed by atoms with Crippen molar-refractivity contribution in [2.24, 2.45) is 5.92 Å². The first-order valence-corrected chi connectivity index (χ1v) is 11.4. The summed E-state index contributed by atoms with van der Waals surface area (Å²) in [4.78, 5) is 26.9. The molecule has 9 heteroatoms. The van der Waals surface area contributed by atoms with E-state index in [0.717, 1.165) is 5.69 Å². The summed E-state index contributed by atoms with van der Waals surface area (Å²) < 4.78 is 11.4. The number of benzene rings is 3. The van der Waals surface area contributed by atoms with Crippen molar-refractivity contribution in [3.05, 3.63) is 82.3 Å². The number of nitrogens with zero attached hydrogens (tertiary/aromatic N) is 1. The lowest BCUT2D eigenvalue weighted by molar-refractivity contribution is -0.125. The molecular weight excluding hydrogens is 477 g/mol. The Morgan fingerprint density at radius 3 is 2.44 bits per heavy atom. The summed E-state index contributed by atoms with van der Waals surface area (Å²) in [6, 6.07) is 19.8. The molecule has 1 heterocycles. The minimum atomic E-state index is -0.489. The first-order valence-electron chi connectivity index (χ1n) is 10.6. The Balaban J connectivity index is 1.44. The van der Waals surface area contributed by atoms with Gasteiger partial charge in [-0.25, -0.2) is 0 Å². The van der Waals surface area contributed by atoms with Gasteiger partial charge in [0.2, 0.25) is 11.8 Å². The number of ether oxygens (including phenoxy) is 2. The van der Waals surface area contributed by atoms with Crippen LogP contribution in [0.4, 0.5) is 11.4 Å². The highest BCUT2D eigenvalue weighted by atomic mass is 35.5. The van der Waals surface area contributed by atoms with Crippen LogP contribution >= 0.6 is 23.2 Å². The van der Waals surface area contributed by atoms with Crippen molar-refractivity contribution in [2.45, 2.75) is 13.0 Å². The molecule has 0 unspecified atom stereocenters. The molecule has 3 aromatic carbocycles. The van der Waals surface area contributed by atoms with Crippen molar-refractivity contribution in [2.75, 3.05) is 24.0 Å². The van der Waals surface area contributed by atoms with Crippen LogP contribution in [0.5, 0.6) is 11.5 Å². The molecule has 1 aliphatic rings. The molecule has 7 nitrogen and oxygen atoms in total. The minimum Gasteiger partial charge on any atom is -0.493 e. The van der Waals surface area contributed by atoms with E-state index in [-0.39, 0.29) is 24.8 Å². The Kier molecular flexibility index (Phi) is 7.45. The predicted octanol–water partition coefficient (Wildman–Crippen LogP) is 5.08. The number of halogens is 2. The van der Waals surface area contributed by atoms with Gasteiger partial charge in [-0.05, 0) is 36.4 Å². The number of rotatable bonds is 8. The molecule has 0 spiro atoms. The number of amides is 2. The molecule has 1 atom stereocenters. The van der Waals surface area contributed by atoms with Gasteiger partial charge in [0.25, 0.3) is 0 Å². The zero-order valence-corrected chi connectivity index (χ0v) is 19.9. The molecule has 1 aliphatic heterocycles. The van der Waals surface area contributed by atoms with Gasteiger partial charge in [0.15, 0.2) is 11.5 Å². The van der Waals surface area contributed by atoms with Crippen LogP contribution in [-0.2, 0) is 16.2 Å².